The monoisotopic (exact) mass is 425 g/mol. The Balaban J connectivity index is 1.52. The second-order valence-electron chi connectivity index (χ2n) is 6.98. The maximum absolute atomic E-state index is 12.5. The van der Waals surface area contributed by atoms with Crippen molar-refractivity contribution in [1.82, 2.24) is 4.90 Å². The second kappa shape index (κ2) is 10.5. The van der Waals surface area contributed by atoms with Crippen molar-refractivity contribution < 1.29 is 28.5 Å². The van der Waals surface area contributed by atoms with Gasteiger partial charge in [0.2, 0.25) is 0 Å². The van der Waals surface area contributed by atoms with Gasteiger partial charge in [-0.1, -0.05) is 12.1 Å². The van der Waals surface area contributed by atoms with E-state index in [1.165, 1.54) is 6.08 Å². The molecule has 0 atom stereocenters. The molecule has 1 aliphatic heterocycles. The molecule has 31 heavy (non-hydrogen) atoms. The van der Waals surface area contributed by atoms with Gasteiger partial charge in [0.25, 0.3) is 5.91 Å². The molecule has 0 radical (unpaired) electrons. The average molecular weight is 425 g/mol. The van der Waals surface area contributed by atoms with E-state index in [0.29, 0.717) is 37.6 Å². The van der Waals surface area contributed by atoms with E-state index >= 15 is 0 Å². The van der Waals surface area contributed by atoms with Crippen LogP contribution in [0.3, 0.4) is 0 Å². The molecule has 0 fully saturated rings. The van der Waals surface area contributed by atoms with Gasteiger partial charge in [-0.3, -0.25) is 4.79 Å². The summed E-state index contributed by atoms with van der Waals surface area (Å²) >= 11 is 0. The van der Waals surface area contributed by atoms with Gasteiger partial charge in [-0.2, -0.15) is 0 Å². The zero-order valence-electron chi connectivity index (χ0n) is 18.1. The first-order valence-electron chi connectivity index (χ1n) is 10.1. The van der Waals surface area contributed by atoms with Gasteiger partial charge in [0.05, 0.1) is 20.8 Å². The lowest BCUT2D eigenvalue weighted by atomic mass is 9.99. The molecular weight excluding hydrogens is 398 g/mol. The number of amides is 1. The largest absolute Gasteiger partial charge is 0.494 e. The van der Waals surface area contributed by atoms with Crippen LogP contribution in [-0.4, -0.2) is 50.8 Å². The minimum absolute atomic E-state index is 0.233. The molecule has 1 amide bonds. The number of rotatable bonds is 8. The van der Waals surface area contributed by atoms with Crippen molar-refractivity contribution in [1.29, 1.82) is 0 Å². The fraction of sp³-hybridized carbons (Fsp3) is 0.333. The van der Waals surface area contributed by atoms with Crippen LogP contribution in [0.2, 0.25) is 0 Å². The van der Waals surface area contributed by atoms with Crippen LogP contribution >= 0.6 is 0 Å². The van der Waals surface area contributed by atoms with Crippen molar-refractivity contribution in [2.24, 2.45) is 0 Å². The van der Waals surface area contributed by atoms with Gasteiger partial charge in [0, 0.05) is 19.2 Å². The van der Waals surface area contributed by atoms with Crippen LogP contribution in [-0.2, 0) is 27.3 Å². The Morgan fingerprint density at radius 2 is 1.71 bits per heavy atom. The highest BCUT2D eigenvalue weighted by Crippen LogP contribution is 2.33. The fourth-order valence-corrected chi connectivity index (χ4v) is 3.37. The first-order valence-corrected chi connectivity index (χ1v) is 10.1. The van der Waals surface area contributed by atoms with Crippen molar-refractivity contribution in [3.05, 3.63) is 59.2 Å². The van der Waals surface area contributed by atoms with E-state index in [1.807, 2.05) is 43.3 Å². The van der Waals surface area contributed by atoms with E-state index < -0.39 is 5.97 Å². The highest BCUT2D eigenvalue weighted by atomic mass is 16.5. The minimum Gasteiger partial charge on any atom is -0.494 e. The van der Waals surface area contributed by atoms with Crippen LogP contribution in [0.5, 0.6) is 17.2 Å². The molecule has 0 N–H and O–H groups in total. The number of carbonyl (C=O) groups excluding carboxylic acids is 2. The number of methoxy groups -OCH3 is 2. The number of hydrogen-bond acceptors (Lipinski definition) is 6. The summed E-state index contributed by atoms with van der Waals surface area (Å²) in [4.78, 5) is 26.2. The van der Waals surface area contributed by atoms with Gasteiger partial charge in [-0.25, -0.2) is 4.79 Å². The Morgan fingerprint density at radius 1 is 1.03 bits per heavy atom. The summed E-state index contributed by atoms with van der Waals surface area (Å²) in [5.74, 6) is 1.27. The standard InChI is InChI=1S/C24H27NO6/c1-4-30-20-8-5-17(6-9-20)7-10-24(27)31-16-23(26)25-12-11-18-13-21(28-2)22(29-3)14-19(18)15-25/h5-10,13-14H,4,11-12,15-16H2,1-3H3/b10-7+. The molecule has 0 saturated heterocycles. The molecule has 0 aliphatic carbocycles. The van der Waals surface area contributed by atoms with Gasteiger partial charge in [-0.15, -0.1) is 0 Å². The lowest BCUT2D eigenvalue weighted by Crippen LogP contribution is -2.38. The predicted octanol–water partition coefficient (Wildman–Crippen LogP) is 3.24. The van der Waals surface area contributed by atoms with E-state index in [0.717, 1.165) is 22.4 Å². The molecule has 0 saturated carbocycles. The minimum atomic E-state index is -0.564. The third kappa shape index (κ3) is 5.78. The van der Waals surface area contributed by atoms with Gasteiger partial charge in [0.1, 0.15) is 5.75 Å². The van der Waals surface area contributed by atoms with E-state index in [9.17, 15) is 9.59 Å². The first-order chi connectivity index (χ1) is 15.0. The molecule has 0 unspecified atom stereocenters. The number of benzene rings is 2. The molecule has 1 aliphatic rings. The Hall–Kier alpha value is -3.48. The molecule has 0 spiro atoms. The Morgan fingerprint density at radius 3 is 2.35 bits per heavy atom. The lowest BCUT2D eigenvalue weighted by Gasteiger charge is -2.29. The zero-order chi connectivity index (χ0) is 22.2. The average Bonchev–Trinajstić information content (AvgIpc) is 2.80. The number of carbonyl (C=O) groups is 2. The highest BCUT2D eigenvalue weighted by molar-refractivity contribution is 5.89. The van der Waals surface area contributed by atoms with E-state index in [4.69, 9.17) is 18.9 Å². The molecule has 0 bridgehead atoms. The number of fused-ring (bicyclic) bond motifs is 1. The van der Waals surface area contributed by atoms with E-state index in [1.54, 1.807) is 25.2 Å². The SMILES string of the molecule is CCOc1ccc(/C=C/C(=O)OCC(=O)N2CCc3cc(OC)c(OC)cc3C2)cc1. The Kier molecular flexibility index (Phi) is 7.54. The molecular formula is C24H27NO6. The lowest BCUT2D eigenvalue weighted by molar-refractivity contribution is -0.148. The van der Waals surface area contributed by atoms with Gasteiger partial charge >= 0.3 is 5.97 Å². The maximum atomic E-state index is 12.5. The fourth-order valence-electron chi connectivity index (χ4n) is 3.37. The highest BCUT2D eigenvalue weighted by Gasteiger charge is 2.23. The van der Waals surface area contributed by atoms with E-state index in [-0.39, 0.29) is 12.5 Å². The summed E-state index contributed by atoms with van der Waals surface area (Å²) in [7, 11) is 3.18. The van der Waals surface area contributed by atoms with Crippen molar-refractivity contribution in [3.8, 4) is 17.2 Å². The van der Waals surface area contributed by atoms with E-state index in [2.05, 4.69) is 0 Å². The van der Waals surface area contributed by atoms with Crippen molar-refractivity contribution >= 4 is 18.0 Å². The quantitative estimate of drug-likeness (QED) is 0.478. The molecule has 3 rings (SSSR count). The number of ether oxygens (including phenoxy) is 4. The van der Waals surface area contributed by atoms with Crippen LogP contribution in [0.4, 0.5) is 0 Å². The molecule has 1 heterocycles. The molecule has 7 heteroatoms. The summed E-state index contributed by atoms with van der Waals surface area (Å²) in [5, 5.41) is 0. The molecule has 7 nitrogen and oxygen atoms in total. The topological polar surface area (TPSA) is 74.3 Å². The molecule has 164 valence electrons. The maximum Gasteiger partial charge on any atom is 0.331 e. The zero-order valence-corrected chi connectivity index (χ0v) is 18.1. The van der Waals surface area contributed by atoms with Crippen LogP contribution in [0.15, 0.2) is 42.5 Å². The third-order valence-electron chi connectivity index (χ3n) is 5.01. The van der Waals surface area contributed by atoms with Crippen molar-refractivity contribution in [2.75, 3.05) is 34.0 Å². The number of esters is 1. The van der Waals surface area contributed by atoms with Gasteiger partial charge in [-0.05, 0) is 60.4 Å². The normalized spacial score (nSPS) is 12.9. The van der Waals surface area contributed by atoms with Crippen LogP contribution in [0.1, 0.15) is 23.6 Å². The summed E-state index contributed by atoms with van der Waals surface area (Å²) in [6.45, 7) is 3.21. The number of hydrogen-bond donors (Lipinski definition) is 0. The summed E-state index contributed by atoms with van der Waals surface area (Å²) in [6, 6.07) is 11.2. The van der Waals surface area contributed by atoms with Gasteiger partial charge < -0.3 is 23.8 Å². The molecule has 0 aromatic heterocycles. The summed E-state index contributed by atoms with van der Waals surface area (Å²) < 4.78 is 21.2. The van der Waals surface area contributed by atoms with Crippen LogP contribution in [0, 0.1) is 0 Å². The number of nitrogens with zero attached hydrogens (tertiary/aromatic N) is 1. The Labute approximate surface area is 182 Å². The van der Waals surface area contributed by atoms with Gasteiger partial charge in [0.15, 0.2) is 18.1 Å². The predicted molar refractivity (Wildman–Crippen MR) is 116 cm³/mol. The van der Waals surface area contributed by atoms with Crippen LogP contribution in [0.25, 0.3) is 6.08 Å². The van der Waals surface area contributed by atoms with Crippen LogP contribution < -0.4 is 14.2 Å². The smallest absolute Gasteiger partial charge is 0.331 e. The second-order valence-corrected chi connectivity index (χ2v) is 6.98. The summed E-state index contributed by atoms with van der Waals surface area (Å²) in [6.07, 6.45) is 3.65. The van der Waals surface area contributed by atoms with Crippen molar-refractivity contribution in [3.63, 3.8) is 0 Å². The summed E-state index contributed by atoms with van der Waals surface area (Å²) in [5.41, 5.74) is 2.96. The molecule has 2 aromatic rings. The first kappa shape index (κ1) is 22.2. The van der Waals surface area contributed by atoms with Crippen molar-refractivity contribution in [2.45, 2.75) is 19.9 Å². The Bertz CT molecular complexity index is 951. The third-order valence-corrected chi connectivity index (χ3v) is 5.01. The molecule has 2 aromatic carbocycles.